The molecule has 0 spiro atoms. The van der Waals surface area contributed by atoms with Crippen molar-refractivity contribution in [1.29, 1.82) is 0 Å². The summed E-state index contributed by atoms with van der Waals surface area (Å²) in [5, 5.41) is 11.2. The first kappa shape index (κ1) is 38.1. The van der Waals surface area contributed by atoms with Crippen molar-refractivity contribution >= 4 is 40.1 Å². The number of aromatic nitrogens is 4. The second kappa shape index (κ2) is 15.5. The zero-order valence-corrected chi connectivity index (χ0v) is 34.4. The van der Waals surface area contributed by atoms with Gasteiger partial charge in [-0.05, 0) is 126 Å². The molecule has 1 unspecified atom stereocenters. The maximum absolute atomic E-state index is 13.2. The van der Waals surface area contributed by atoms with Crippen LogP contribution < -0.4 is 19.9 Å². The summed E-state index contributed by atoms with van der Waals surface area (Å²) in [4.78, 5) is 58.5. The Hall–Kier alpha value is -5.08. The van der Waals surface area contributed by atoms with Gasteiger partial charge in [-0.2, -0.15) is 5.10 Å². The number of hydrogen-bond donors (Lipinski definition) is 2. The summed E-state index contributed by atoms with van der Waals surface area (Å²) in [6.07, 6.45) is 9.36. The monoisotopic (exact) mass is 800 g/mol. The highest BCUT2D eigenvalue weighted by atomic mass is 16.5. The van der Waals surface area contributed by atoms with Crippen molar-refractivity contribution in [3.8, 4) is 17.1 Å². The first-order valence-electron chi connectivity index (χ1n) is 21.9. The number of nitrogens with one attached hydrogen (secondary N) is 2. The molecule has 5 fully saturated rings. The third kappa shape index (κ3) is 7.88. The van der Waals surface area contributed by atoms with Crippen LogP contribution in [0.1, 0.15) is 81.1 Å². The van der Waals surface area contributed by atoms with Crippen LogP contribution in [0.5, 0.6) is 5.75 Å². The number of rotatable bonds is 10. The molecular weight excluding hydrogens is 745 g/mol. The lowest BCUT2D eigenvalue weighted by molar-refractivity contribution is -0.136. The van der Waals surface area contributed by atoms with E-state index in [1.807, 2.05) is 18.2 Å². The number of anilines is 2. The zero-order valence-electron chi connectivity index (χ0n) is 34.4. The standard InChI is InChI=1S/C45H56N10O4/c1-29-24-54(40-23-38(46-28-47-40)42-36-22-34(59-45(2)13-14-45)4-6-37(36)49-50-42)20-19-53(29)26-31-9-15-51(16-10-31)25-30-11-17-52(18-12-30)33-3-5-35-32(21-33)27-55(44(35)58)39-7-8-41(56)48-43(39)57/h3-6,21-23,28-31,39H,7-20,24-27H2,1-2H3,(H,49,50)(H,48,56,57)/t29-,39?/m0/s1. The minimum Gasteiger partial charge on any atom is -0.488 e. The molecule has 2 aromatic heterocycles. The molecule has 1 aliphatic carbocycles. The average Bonchev–Trinajstić information content (AvgIpc) is 3.67. The fraction of sp³-hybridized carbons (Fsp3) is 0.556. The molecule has 10 rings (SSSR count). The lowest BCUT2D eigenvalue weighted by Gasteiger charge is -2.43. The number of carbonyl (C=O) groups excluding carboxylic acids is 3. The van der Waals surface area contributed by atoms with Gasteiger partial charge in [-0.1, -0.05) is 0 Å². The second-order valence-electron chi connectivity index (χ2n) is 18.3. The lowest BCUT2D eigenvalue weighted by Crippen LogP contribution is -2.54. The molecule has 2 N–H and O–H groups in total. The van der Waals surface area contributed by atoms with Crippen LogP contribution in [0.2, 0.25) is 0 Å². The van der Waals surface area contributed by atoms with Crippen LogP contribution in [0.4, 0.5) is 11.5 Å². The van der Waals surface area contributed by atoms with Gasteiger partial charge in [-0.3, -0.25) is 29.7 Å². The molecule has 2 atom stereocenters. The molecule has 2 aromatic carbocycles. The van der Waals surface area contributed by atoms with E-state index in [9.17, 15) is 14.4 Å². The van der Waals surface area contributed by atoms with E-state index < -0.39 is 6.04 Å². The molecule has 7 heterocycles. The molecule has 14 heteroatoms. The normalized spacial score (nSPS) is 24.5. The van der Waals surface area contributed by atoms with E-state index in [0.717, 1.165) is 103 Å². The number of hydrogen-bond acceptors (Lipinski definition) is 11. The number of benzene rings is 2. The number of ether oxygens (including phenoxy) is 1. The lowest BCUT2D eigenvalue weighted by atomic mass is 9.92. The van der Waals surface area contributed by atoms with Gasteiger partial charge in [0.05, 0.1) is 11.2 Å². The van der Waals surface area contributed by atoms with Gasteiger partial charge in [0.2, 0.25) is 11.8 Å². The molecule has 0 radical (unpaired) electrons. The average molecular weight is 801 g/mol. The number of carbonyl (C=O) groups is 3. The minimum absolute atomic E-state index is 0.0387. The maximum atomic E-state index is 13.2. The Morgan fingerprint density at radius 2 is 1.64 bits per heavy atom. The van der Waals surface area contributed by atoms with Crippen LogP contribution in [0.3, 0.4) is 0 Å². The maximum Gasteiger partial charge on any atom is 0.255 e. The summed E-state index contributed by atoms with van der Waals surface area (Å²) < 4.78 is 6.25. The highest BCUT2D eigenvalue weighted by Crippen LogP contribution is 2.41. The van der Waals surface area contributed by atoms with Crippen molar-refractivity contribution in [3.63, 3.8) is 0 Å². The summed E-state index contributed by atoms with van der Waals surface area (Å²) in [7, 11) is 0. The van der Waals surface area contributed by atoms with E-state index in [1.54, 1.807) is 11.2 Å². The van der Waals surface area contributed by atoms with E-state index in [4.69, 9.17) is 9.72 Å². The van der Waals surface area contributed by atoms with Crippen molar-refractivity contribution in [2.75, 3.05) is 68.7 Å². The van der Waals surface area contributed by atoms with Crippen LogP contribution in [-0.2, 0) is 16.1 Å². The first-order valence-corrected chi connectivity index (χ1v) is 21.9. The molecule has 1 saturated carbocycles. The van der Waals surface area contributed by atoms with Gasteiger partial charge >= 0.3 is 0 Å². The Morgan fingerprint density at radius 1 is 0.847 bits per heavy atom. The summed E-state index contributed by atoms with van der Waals surface area (Å²) in [5.74, 6) is 2.52. The van der Waals surface area contributed by atoms with Crippen LogP contribution >= 0.6 is 0 Å². The number of likely N-dealkylation sites (tertiary alicyclic amines) is 1. The number of fused-ring (bicyclic) bond motifs is 2. The SMILES string of the molecule is C[C@H]1CN(c2cc(-c3n[nH]c4ccc(OC5(C)CC5)cc34)ncn2)CCN1CC1CCN(CC2CCN(c3ccc4c(c3)CN(C3CCC(=O)NC3=O)C4=O)CC2)CC1. The third-order valence-electron chi connectivity index (χ3n) is 14.0. The van der Waals surface area contributed by atoms with E-state index in [1.165, 1.54) is 45.3 Å². The van der Waals surface area contributed by atoms with Gasteiger partial charge in [-0.15, -0.1) is 0 Å². The first-order chi connectivity index (χ1) is 28.6. The Kier molecular flexibility index (Phi) is 10.0. The van der Waals surface area contributed by atoms with E-state index in [-0.39, 0.29) is 29.7 Å². The summed E-state index contributed by atoms with van der Waals surface area (Å²) in [6, 6.07) is 14.2. The van der Waals surface area contributed by atoms with Crippen molar-refractivity contribution in [2.45, 2.75) is 89.4 Å². The number of nitrogens with zero attached hydrogens (tertiary/aromatic N) is 8. The van der Waals surface area contributed by atoms with Gasteiger partial charge in [-0.25, -0.2) is 9.97 Å². The van der Waals surface area contributed by atoms with Gasteiger partial charge < -0.3 is 24.3 Å². The predicted molar refractivity (Wildman–Crippen MR) is 225 cm³/mol. The molecule has 6 aliphatic rings. The van der Waals surface area contributed by atoms with Crippen molar-refractivity contribution in [2.24, 2.45) is 11.8 Å². The number of piperidine rings is 3. The third-order valence-corrected chi connectivity index (χ3v) is 14.0. The highest BCUT2D eigenvalue weighted by molar-refractivity contribution is 6.05. The molecule has 59 heavy (non-hydrogen) atoms. The van der Waals surface area contributed by atoms with Crippen LogP contribution in [0.25, 0.3) is 22.3 Å². The Balaban J connectivity index is 0.671. The highest BCUT2D eigenvalue weighted by Gasteiger charge is 2.41. The smallest absolute Gasteiger partial charge is 0.255 e. The van der Waals surface area contributed by atoms with Gasteiger partial charge in [0, 0.05) is 87.5 Å². The van der Waals surface area contributed by atoms with Crippen molar-refractivity contribution in [1.82, 2.24) is 40.2 Å². The summed E-state index contributed by atoms with van der Waals surface area (Å²) in [6.45, 7) is 14.6. The number of amides is 3. The summed E-state index contributed by atoms with van der Waals surface area (Å²) >= 11 is 0. The Bertz CT molecular complexity index is 2240. The molecule has 14 nitrogen and oxygen atoms in total. The fourth-order valence-electron chi connectivity index (χ4n) is 10.1. The Morgan fingerprint density at radius 3 is 2.42 bits per heavy atom. The fourth-order valence-corrected chi connectivity index (χ4v) is 10.1. The number of piperazine rings is 1. The van der Waals surface area contributed by atoms with E-state index in [2.05, 4.69) is 78.2 Å². The molecule has 4 saturated heterocycles. The van der Waals surface area contributed by atoms with Crippen molar-refractivity contribution < 1.29 is 19.1 Å². The van der Waals surface area contributed by atoms with Crippen LogP contribution in [-0.4, -0.2) is 129 Å². The number of aromatic amines is 1. The van der Waals surface area contributed by atoms with E-state index in [0.29, 0.717) is 30.5 Å². The Labute approximate surface area is 345 Å². The van der Waals surface area contributed by atoms with Crippen LogP contribution in [0.15, 0.2) is 48.8 Å². The largest absolute Gasteiger partial charge is 0.488 e. The molecule has 0 bridgehead atoms. The number of imide groups is 1. The molecule has 4 aromatic rings. The van der Waals surface area contributed by atoms with Gasteiger partial charge in [0.25, 0.3) is 5.91 Å². The molecule has 5 aliphatic heterocycles. The van der Waals surface area contributed by atoms with Gasteiger partial charge in [0.1, 0.15) is 35.2 Å². The summed E-state index contributed by atoms with van der Waals surface area (Å²) in [5.41, 5.74) is 5.39. The molecular formula is C45H56N10O4. The number of H-pyrrole nitrogens is 1. The predicted octanol–water partition coefficient (Wildman–Crippen LogP) is 4.85. The zero-order chi connectivity index (χ0) is 40.3. The topological polar surface area (TPSA) is 143 Å². The van der Waals surface area contributed by atoms with Crippen LogP contribution in [0, 0.1) is 11.8 Å². The van der Waals surface area contributed by atoms with Crippen molar-refractivity contribution in [3.05, 3.63) is 59.9 Å². The van der Waals surface area contributed by atoms with Gasteiger partial charge in [0.15, 0.2) is 0 Å². The quantitative estimate of drug-likeness (QED) is 0.213. The van der Waals surface area contributed by atoms with E-state index >= 15 is 0 Å². The molecule has 310 valence electrons. The second-order valence-corrected chi connectivity index (χ2v) is 18.3. The molecule has 3 amide bonds. The minimum atomic E-state index is -0.580.